The second-order valence-electron chi connectivity index (χ2n) is 11.5. The first-order chi connectivity index (χ1) is 17.6. The van der Waals surface area contributed by atoms with Crippen molar-refractivity contribution in [2.24, 2.45) is 40.6 Å². The molecule has 1 aromatic carbocycles. The third-order valence-corrected chi connectivity index (χ3v) is 7.59. The number of carbonyl (C=O) groups is 6. The van der Waals surface area contributed by atoms with Crippen LogP contribution in [0.3, 0.4) is 0 Å². The number of primary amides is 1. The van der Waals surface area contributed by atoms with E-state index in [4.69, 9.17) is 16.2 Å². The van der Waals surface area contributed by atoms with Gasteiger partial charge in [-0.25, -0.2) is 4.79 Å². The third-order valence-electron chi connectivity index (χ3n) is 7.59. The van der Waals surface area contributed by atoms with Crippen molar-refractivity contribution in [3.63, 3.8) is 0 Å². The molecule has 5 atom stereocenters. The number of phenols is 1. The average Bonchev–Trinajstić information content (AvgIpc) is 2.81. The van der Waals surface area contributed by atoms with Gasteiger partial charge < -0.3 is 26.4 Å². The molecule has 2 fully saturated rings. The maximum absolute atomic E-state index is 13.7. The van der Waals surface area contributed by atoms with Crippen LogP contribution in [0.4, 0.5) is 10.5 Å². The maximum Gasteiger partial charge on any atom is 0.411 e. The number of nitrogens with one attached hydrogen (secondary N) is 1. The summed E-state index contributed by atoms with van der Waals surface area (Å²) >= 11 is 0. The summed E-state index contributed by atoms with van der Waals surface area (Å²) in [5, 5.41) is 24.7. The maximum atomic E-state index is 13.7. The van der Waals surface area contributed by atoms with Crippen molar-refractivity contribution in [2.45, 2.75) is 52.2 Å². The Balaban J connectivity index is 1.73. The average molecular weight is 530 g/mol. The number of nitrogens with two attached hydrogens (primary N) is 2. The van der Waals surface area contributed by atoms with Crippen molar-refractivity contribution in [1.29, 1.82) is 0 Å². The molecule has 0 bridgehead atoms. The third kappa shape index (κ3) is 4.27. The van der Waals surface area contributed by atoms with Crippen LogP contribution >= 0.6 is 0 Å². The highest BCUT2D eigenvalue weighted by Gasteiger charge is 2.66. The molecule has 3 aliphatic carbocycles. The normalized spacial score (nSPS) is 28.8. The van der Waals surface area contributed by atoms with Crippen LogP contribution in [0.2, 0.25) is 0 Å². The Morgan fingerprint density at radius 2 is 1.82 bits per heavy atom. The SMILES string of the molecule is CC(C)(C)COC(=O)Nc1cc(CN)c2c(c1O)C(=O)C1C(=O)[C@]3(O)C(=O)C(C(N)=O)C(=O)C[C@@H]3C[C@@H]1C2. The molecule has 0 spiro atoms. The minimum atomic E-state index is -2.74. The van der Waals surface area contributed by atoms with Gasteiger partial charge in [0.15, 0.2) is 34.7 Å². The number of aromatic hydroxyl groups is 1. The molecule has 4 rings (SSSR count). The Morgan fingerprint density at radius 3 is 2.39 bits per heavy atom. The molecule has 1 aromatic rings. The second kappa shape index (κ2) is 9.28. The number of carbonyl (C=O) groups excluding carboxylic acids is 6. The van der Waals surface area contributed by atoms with Crippen molar-refractivity contribution in [1.82, 2.24) is 0 Å². The first-order valence-corrected chi connectivity index (χ1v) is 12.3. The molecule has 12 nitrogen and oxygen atoms in total. The van der Waals surface area contributed by atoms with E-state index in [2.05, 4.69) is 5.32 Å². The standard InChI is InChI=1S/C26H31N3O9/c1-25(2,3)9-38-24(36)29-14-6-11(8-27)13-5-10-4-12-7-15(30)18(23(28)35)22(34)26(12,37)21(33)16(10)20(32)17(13)19(14)31/h6,10,12,16,18,31,37H,4-5,7-9,27H2,1-3H3,(H2,28,35)(H,29,36)/t10-,12+,16?,18?,26+/m1/s1. The summed E-state index contributed by atoms with van der Waals surface area (Å²) in [6.45, 7) is 5.59. The molecule has 12 heteroatoms. The number of benzene rings is 1. The van der Waals surface area contributed by atoms with Gasteiger partial charge in [0, 0.05) is 18.9 Å². The number of rotatable bonds is 4. The fourth-order valence-corrected chi connectivity index (χ4v) is 5.82. The zero-order chi connectivity index (χ0) is 28.3. The van der Waals surface area contributed by atoms with Crippen LogP contribution in [-0.4, -0.2) is 57.6 Å². The van der Waals surface area contributed by atoms with E-state index >= 15 is 0 Å². The Morgan fingerprint density at radius 1 is 1.16 bits per heavy atom. The van der Waals surface area contributed by atoms with E-state index in [1.54, 1.807) is 0 Å². The number of phenolic OH excluding ortho intramolecular Hbond substituents is 1. The number of fused-ring (bicyclic) bond motifs is 3. The highest BCUT2D eigenvalue weighted by Crippen LogP contribution is 2.51. The number of amides is 2. The molecular weight excluding hydrogens is 498 g/mol. The monoisotopic (exact) mass is 529 g/mol. The second-order valence-corrected chi connectivity index (χ2v) is 11.5. The van der Waals surface area contributed by atoms with Gasteiger partial charge >= 0.3 is 6.09 Å². The summed E-state index contributed by atoms with van der Waals surface area (Å²) in [6.07, 6.45) is -1.22. The lowest BCUT2D eigenvalue weighted by atomic mass is 9.53. The number of anilines is 1. The van der Waals surface area contributed by atoms with Crippen LogP contribution in [0.25, 0.3) is 0 Å². The number of aliphatic hydroxyl groups is 1. The van der Waals surface area contributed by atoms with Crippen LogP contribution in [0.15, 0.2) is 6.07 Å². The molecule has 0 saturated heterocycles. The molecule has 204 valence electrons. The van der Waals surface area contributed by atoms with E-state index in [0.29, 0.717) is 11.1 Å². The van der Waals surface area contributed by atoms with Crippen LogP contribution < -0.4 is 16.8 Å². The Hall–Kier alpha value is -3.64. The van der Waals surface area contributed by atoms with Gasteiger partial charge in [-0.15, -0.1) is 0 Å². The molecule has 0 radical (unpaired) electrons. The lowest BCUT2D eigenvalue weighted by Gasteiger charge is -2.48. The Kier molecular flexibility index (Phi) is 6.69. The first-order valence-electron chi connectivity index (χ1n) is 12.3. The zero-order valence-electron chi connectivity index (χ0n) is 21.3. The number of hydrogen-bond donors (Lipinski definition) is 5. The molecule has 0 aliphatic heterocycles. The Labute approximate surface area is 218 Å². The topological polar surface area (TPSA) is 216 Å². The highest BCUT2D eigenvalue weighted by atomic mass is 16.5. The Bertz CT molecular complexity index is 1280. The van der Waals surface area contributed by atoms with E-state index < -0.39 is 76.6 Å². The van der Waals surface area contributed by atoms with Gasteiger partial charge in [0.1, 0.15) is 5.75 Å². The lowest BCUT2D eigenvalue weighted by molar-refractivity contribution is -0.175. The van der Waals surface area contributed by atoms with E-state index in [-0.39, 0.29) is 42.7 Å². The van der Waals surface area contributed by atoms with Gasteiger partial charge in [0.25, 0.3) is 0 Å². The summed E-state index contributed by atoms with van der Waals surface area (Å²) in [7, 11) is 0. The number of Topliss-reactive ketones (excluding diaryl/α,β-unsaturated/α-hetero) is 4. The minimum absolute atomic E-state index is 0.0229. The van der Waals surface area contributed by atoms with Gasteiger partial charge in [-0.3, -0.25) is 29.3 Å². The molecule has 2 saturated carbocycles. The van der Waals surface area contributed by atoms with Gasteiger partial charge in [-0.05, 0) is 41.4 Å². The van der Waals surface area contributed by atoms with Crippen LogP contribution in [0, 0.1) is 29.1 Å². The molecule has 38 heavy (non-hydrogen) atoms. The van der Waals surface area contributed by atoms with Crippen molar-refractivity contribution in [2.75, 3.05) is 11.9 Å². The first kappa shape index (κ1) is 27.4. The summed E-state index contributed by atoms with van der Waals surface area (Å²) in [5.74, 6) is -11.3. The van der Waals surface area contributed by atoms with Crippen LogP contribution in [-0.2, 0) is 36.9 Å². The molecule has 2 unspecified atom stereocenters. The summed E-state index contributed by atoms with van der Waals surface area (Å²) in [6, 6.07) is 1.42. The van der Waals surface area contributed by atoms with Crippen LogP contribution in [0.5, 0.6) is 5.75 Å². The van der Waals surface area contributed by atoms with E-state index in [0.717, 1.165) is 0 Å². The summed E-state index contributed by atoms with van der Waals surface area (Å²) in [4.78, 5) is 76.8. The summed E-state index contributed by atoms with van der Waals surface area (Å²) < 4.78 is 5.17. The molecule has 0 aromatic heterocycles. The van der Waals surface area contributed by atoms with Gasteiger partial charge in [-0.1, -0.05) is 20.8 Å². The van der Waals surface area contributed by atoms with Gasteiger partial charge in [-0.2, -0.15) is 0 Å². The number of hydrogen-bond acceptors (Lipinski definition) is 10. The van der Waals surface area contributed by atoms with E-state index in [9.17, 15) is 39.0 Å². The molecule has 3 aliphatic rings. The van der Waals surface area contributed by atoms with Crippen molar-refractivity contribution < 1.29 is 43.7 Å². The van der Waals surface area contributed by atoms with Gasteiger partial charge in [0.2, 0.25) is 5.91 Å². The predicted molar refractivity (Wildman–Crippen MR) is 131 cm³/mol. The summed E-state index contributed by atoms with van der Waals surface area (Å²) in [5.41, 5.74) is 8.46. The number of ketones is 4. The zero-order valence-corrected chi connectivity index (χ0v) is 21.3. The predicted octanol–water partition coefficient (Wildman–Crippen LogP) is 0.380. The number of ether oxygens (including phenoxy) is 1. The largest absolute Gasteiger partial charge is 0.505 e. The molecular formula is C26H31N3O9. The van der Waals surface area contributed by atoms with E-state index in [1.165, 1.54) is 6.07 Å². The molecule has 0 heterocycles. The molecule has 2 amide bonds. The van der Waals surface area contributed by atoms with E-state index in [1.807, 2.05) is 20.8 Å². The highest BCUT2D eigenvalue weighted by molar-refractivity contribution is 6.31. The van der Waals surface area contributed by atoms with Gasteiger partial charge in [0.05, 0.1) is 23.8 Å². The van der Waals surface area contributed by atoms with Crippen molar-refractivity contribution >= 4 is 40.8 Å². The lowest BCUT2D eigenvalue weighted by Crippen LogP contribution is -2.68. The fourth-order valence-electron chi connectivity index (χ4n) is 5.82. The van der Waals surface area contributed by atoms with Crippen molar-refractivity contribution in [3.05, 3.63) is 22.8 Å². The van der Waals surface area contributed by atoms with Crippen LogP contribution in [0.1, 0.15) is 55.1 Å². The smallest absolute Gasteiger partial charge is 0.411 e. The fraction of sp³-hybridized carbons (Fsp3) is 0.538. The minimum Gasteiger partial charge on any atom is -0.505 e. The molecule has 7 N–H and O–H groups in total. The quantitative estimate of drug-likeness (QED) is 0.267. The van der Waals surface area contributed by atoms with Crippen molar-refractivity contribution in [3.8, 4) is 5.75 Å².